The number of ketones is 3. The van der Waals surface area contributed by atoms with Gasteiger partial charge in [-0.05, 0) is 144 Å². The van der Waals surface area contributed by atoms with Gasteiger partial charge in [-0.3, -0.25) is 19.2 Å². The quantitative estimate of drug-likeness (QED) is 0.0732. The topological polar surface area (TPSA) is 133 Å². The van der Waals surface area contributed by atoms with E-state index in [-0.39, 0.29) is 56.3 Å². The summed E-state index contributed by atoms with van der Waals surface area (Å²) in [4.78, 5) is 54.5. The van der Waals surface area contributed by atoms with Crippen LogP contribution in [0.5, 0.6) is 17.2 Å². The van der Waals surface area contributed by atoms with E-state index in [9.17, 15) is 58.7 Å². The highest BCUT2D eigenvalue weighted by atomic mass is 35.5. The first-order valence-electron chi connectivity index (χ1n) is 28.8. The lowest BCUT2D eigenvalue weighted by Gasteiger charge is -2.30. The monoisotopic (exact) mass is 1330 g/mol. The summed E-state index contributed by atoms with van der Waals surface area (Å²) in [7, 11) is 4.76. The SMILES string of the molecule is COc1cc2c(cc1N1CCOCC1)C/C(=C\c1cc(C(F)(F)F)ccc1Cl)C2=O.COc1cc2c(cc1N1CCOCC1)CC(Cc1cc(C(F)(F)F)ccc1Cl)C2=O.COc1cc2c(cc1N1CCOCC1)CCC2=O.O=Cc1cc(C(F)(F)F)ccc1Cl. The molecule has 3 aliphatic carbocycles. The molecule has 13 nitrogen and oxygen atoms in total. The molecule has 0 saturated carbocycles. The standard InChI is InChI=1S/C22H21ClF3NO3.C22H19ClF3NO3.C14H17NO3.C8H4ClF3O/c2*1-29-20-12-17-13(11-19(20)27-4-6-30-7-5-27)8-15(21(17)28)9-14-10-16(22(24,25)26)2-3-18(14)23;1-17-14-9-11-10(2-3-13(11)16)8-12(14)15-4-6-18-7-5-15;9-7-2-1-6(8(10,11)12)3-5(7)4-13/h2-3,10-12,15H,4-9H2,1H3;2-3,9-12H,4-8H2,1H3;8-9H,2-7H2,1H3;1-4H/b;15-9+;;. The van der Waals surface area contributed by atoms with Crippen molar-refractivity contribution in [2.24, 2.45) is 5.92 Å². The second-order valence-corrected chi connectivity index (χ2v) is 23.0. The first-order valence-corrected chi connectivity index (χ1v) is 29.9. The number of aldehydes is 1. The van der Waals surface area contributed by atoms with Crippen LogP contribution < -0.4 is 28.9 Å². The van der Waals surface area contributed by atoms with E-state index in [0.29, 0.717) is 92.5 Å². The van der Waals surface area contributed by atoms with Crippen molar-refractivity contribution in [2.45, 2.75) is 50.6 Å². The van der Waals surface area contributed by atoms with Crippen LogP contribution in [-0.4, -0.2) is 124 Å². The van der Waals surface area contributed by atoms with Gasteiger partial charge in [-0.2, -0.15) is 39.5 Å². The van der Waals surface area contributed by atoms with Crippen molar-refractivity contribution < 1.29 is 87.1 Å². The maximum atomic E-state index is 13.1. The van der Waals surface area contributed by atoms with Gasteiger partial charge in [0.05, 0.1) is 99.7 Å². The third-order valence-corrected chi connectivity index (χ3v) is 17.2. The van der Waals surface area contributed by atoms with Crippen LogP contribution in [0.2, 0.25) is 15.1 Å². The number of nitrogens with zero attached hydrogens (tertiary/aromatic N) is 3. The molecule has 0 N–H and O–H groups in total. The van der Waals surface area contributed by atoms with Crippen LogP contribution in [0.3, 0.4) is 0 Å². The average molecular weight is 1330 g/mol. The van der Waals surface area contributed by atoms with Gasteiger partial charge in [0.15, 0.2) is 23.6 Å². The molecule has 25 heteroatoms. The normalized spacial score (nSPS) is 17.7. The summed E-state index contributed by atoms with van der Waals surface area (Å²) in [5.74, 6) is 1.45. The number of aryl methyl sites for hydroxylation is 1. The zero-order chi connectivity index (χ0) is 65.5. The summed E-state index contributed by atoms with van der Waals surface area (Å²) < 4.78 is 147. The minimum Gasteiger partial charge on any atom is -0.495 e. The van der Waals surface area contributed by atoms with Gasteiger partial charge in [0.2, 0.25) is 0 Å². The molecule has 12 rings (SSSR count). The molecule has 6 aromatic rings. The predicted octanol–water partition coefficient (Wildman–Crippen LogP) is 14.7. The van der Waals surface area contributed by atoms with E-state index in [1.807, 2.05) is 18.2 Å². The Morgan fingerprint density at radius 2 is 0.923 bits per heavy atom. The first-order chi connectivity index (χ1) is 43.3. The maximum absolute atomic E-state index is 13.1. The van der Waals surface area contributed by atoms with Crippen molar-refractivity contribution in [3.05, 3.63) is 178 Å². The summed E-state index contributed by atoms with van der Waals surface area (Å²) in [6.07, 6.45) is -9.22. The molecule has 6 aromatic carbocycles. The highest BCUT2D eigenvalue weighted by molar-refractivity contribution is 6.33. The number of fused-ring (bicyclic) bond motifs is 3. The number of carbonyl (C=O) groups is 4. The Hall–Kier alpha value is -7.34. The lowest BCUT2D eigenvalue weighted by atomic mass is 9.94. The number of morpholine rings is 3. The minimum absolute atomic E-state index is 0.0167. The van der Waals surface area contributed by atoms with Gasteiger partial charge in [-0.1, -0.05) is 34.8 Å². The molecule has 1 atom stereocenters. The fourth-order valence-corrected chi connectivity index (χ4v) is 11.9. The minimum atomic E-state index is -4.49. The first kappa shape index (κ1) is 68.0. The number of allylic oxidation sites excluding steroid dienone is 1. The summed E-state index contributed by atoms with van der Waals surface area (Å²) in [5, 5.41) is 0.409. The van der Waals surface area contributed by atoms with E-state index in [2.05, 4.69) is 20.8 Å². The molecule has 0 spiro atoms. The largest absolute Gasteiger partial charge is 0.495 e. The van der Waals surface area contributed by atoms with Crippen LogP contribution in [0.15, 0.2) is 96.6 Å². The Morgan fingerprint density at radius 1 is 0.505 bits per heavy atom. The van der Waals surface area contributed by atoms with Gasteiger partial charge >= 0.3 is 18.5 Å². The van der Waals surface area contributed by atoms with Crippen molar-refractivity contribution in [2.75, 3.05) is 115 Å². The number of alkyl halides is 9. The van der Waals surface area contributed by atoms with Gasteiger partial charge in [0.1, 0.15) is 17.2 Å². The van der Waals surface area contributed by atoms with Crippen LogP contribution in [0.25, 0.3) is 6.08 Å². The van der Waals surface area contributed by atoms with Gasteiger partial charge in [0.25, 0.3) is 0 Å². The average Bonchev–Trinajstić information content (AvgIpc) is 1.67. The molecule has 3 heterocycles. The van der Waals surface area contributed by atoms with E-state index >= 15 is 0 Å². The number of methoxy groups -OCH3 is 3. The van der Waals surface area contributed by atoms with Gasteiger partial charge in [0, 0.05) is 95.9 Å². The molecule has 0 radical (unpaired) electrons. The van der Waals surface area contributed by atoms with E-state index in [0.717, 1.165) is 133 Å². The Balaban J connectivity index is 0.000000151. The lowest BCUT2D eigenvalue weighted by Crippen LogP contribution is -2.36. The maximum Gasteiger partial charge on any atom is 0.416 e. The molecule has 3 fully saturated rings. The number of anilines is 3. The van der Waals surface area contributed by atoms with Crippen molar-refractivity contribution in [1.82, 2.24) is 0 Å². The zero-order valence-electron chi connectivity index (χ0n) is 49.4. The van der Waals surface area contributed by atoms with Crippen molar-refractivity contribution >= 4 is 81.6 Å². The van der Waals surface area contributed by atoms with Crippen molar-refractivity contribution in [3.63, 3.8) is 0 Å². The molecular formula is C66H61Cl3F9N3O10. The van der Waals surface area contributed by atoms with Crippen LogP contribution >= 0.6 is 34.8 Å². The van der Waals surface area contributed by atoms with Gasteiger partial charge in [-0.25, -0.2) is 0 Å². The van der Waals surface area contributed by atoms with Crippen LogP contribution in [0.4, 0.5) is 56.6 Å². The molecule has 0 aromatic heterocycles. The molecule has 6 aliphatic rings. The van der Waals surface area contributed by atoms with Gasteiger partial charge in [-0.15, -0.1) is 0 Å². The van der Waals surface area contributed by atoms with Crippen molar-refractivity contribution in [1.29, 1.82) is 0 Å². The number of benzene rings is 6. The number of halogens is 12. The van der Waals surface area contributed by atoms with Crippen molar-refractivity contribution in [3.8, 4) is 17.2 Å². The lowest BCUT2D eigenvalue weighted by molar-refractivity contribution is -0.138. The molecule has 484 valence electrons. The number of rotatable bonds is 10. The summed E-state index contributed by atoms with van der Waals surface area (Å²) >= 11 is 17.7. The predicted molar refractivity (Wildman–Crippen MR) is 327 cm³/mol. The number of hydrogen-bond donors (Lipinski definition) is 0. The summed E-state index contributed by atoms with van der Waals surface area (Å²) in [6, 6.07) is 20.3. The number of carbonyl (C=O) groups excluding carboxylic acids is 4. The fraction of sp³-hybridized carbons (Fsp3) is 0.364. The molecule has 1 unspecified atom stereocenters. The Bertz CT molecular complexity index is 3730. The number of ether oxygens (including phenoxy) is 6. The Labute approximate surface area is 533 Å². The summed E-state index contributed by atoms with van der Waals surface area (Å²) in [5.41, 5.74) is 5.93. The Kier molecular flexibility index (Phi) is 21.7. The van der Waals surface area contributed by atoms with E-state index in [4.69, 9.17) is 63.2 Å². The smallest absolute Gasteiger partial charge is 0.416 e. The highest BCUT2D eigenvalue weighted by Crippen LogP contribution is 2.43. The molecule has 3 aliphatic heterocycles. The molecule has 91 heavy (non-hydrogen) atoms. The van der Waals surface area contributed by atoms with Crippen LogP contribution in [-0.2, 0) is 58.4 Å². The van der Waals surface area contributed by atoms with E-state index < -0.39 is 41.1 Å². The summed E-state index contributed by atoms with van der Waals surface area (Å²) in [6.45, 7) is 8.60. The molecule has 0 bridgehead atoms. The van der Waals surface area contributed by atoms with E-state index in [1.165, 1.54) is 18.2 Å². The zero-order valence-corrected chi connectivity index (χ0v) is 51.6. The van der Waals surface area contributed by atoms with Crippen LogP contribution in [0, 0.1) is 5.92 Å². The molecule has 3 saturated heterocycles. The highest BCUT2D eigenvalue weighted by Gasteiger charge is 2.37. The second kappa shape index (κ2) is 29.1. The second-order valence-electron chi connectivity index (χ2n) is 21.8. The number of Topliss-reactive ketones (excluding diaryl/α,β-unsaturated/α-hetero) is 3. The third-order valence-electron chi connectivity index (χ3n) is 16.2. The fourth-order valence-electron chi connectivity index (χ4n) is 11.4. The Morgan fingerprint density at radius 3 is 1.40 bits per heavy atom. The number of hydrogen-bond acceptors (Lipinski definition) is 13. The molecular weight excluding hydrogens is 1270 g/mol. The molecule has 0 amide bonds. The van der Waals surface area contributed by atoms with E-state index in [1.54, 1.807) is 33.5 Å². The van der Waals surface area contributed by atoms with Crippen LogP contribution in [0.1, 0.15) is 92.4 Å². The third kappa shape index (κ3) is 16.1. The van der Waals surface area contributed by atoms with Gasteiger partial charge < -0.3 is 43.1 Å².